The lowest BCUT2D eigenvalue weighted by molar-refractivity contribution is -0.114. The van der Waals surface area contributed by atoms with Gasteiger partial charge in [0.1, 0.15) is 4.90 Å². The third-order valence-electron chi connectivity index (χ3n) is 2.50. The summed E-state index contributed by atoms with van der Waals surface area (Å²) < 4.78 is 29.2. The molecule has 0 bridgehead atoms. The highest BCUT2D eigenvalue weighted by Crippen LogP contribution is 2.27. The molecule has 5 nitrogen and oxygen atoms in total. The first kappa shape index (κ1) is 15.3. The Morgan fingerprint density at radius 1 is 1.10 bits per heavy atom. The smallest absolute Gasteiger partial charge is 0.339 e. The molecule has 7 heteroatoms. The van der Waals surface area contributed by atoms with Crippen molar-refractivity contribution in [2.75, 3.05) is 5.32 Å². The fourth-order valence-corrected chi connectivity index (χ4v) is 2.75. The first-order chi connectivity index (χ1) is 9.88. The van der Waals surface area contributed by atoms with Crippen LogP contribution in [0.4, 0.5) is 5.69 Å². The molecule has 21 heavy (non-hydrogen) atoms. The van der Waals surface area contributed by atoms with Gasteiger partial charge in [0.05, 0.1) is 5.02 Å². The van der Waals surface area contributed by atoms with Crippen molar-refractivity contribution in [1.29, 1.82) is 0 Å². The first-order valence-corrected chi connectivity index (χ1v) is 7.74. The Kier molecular flexibility index (Phi) is 4.50. The van der Waals surface area contributed by atoms with Crippen LogP contribution in [-0.4, -0.2) is 14.3 Å². The number of amides is 1. The molecule has 0 heterocycles. The summed E-state index contributed by atoms with van der Waals surface area (Å²) in [4.78, 5) is 10.9. The Labute approximate surface area is 127 Å². The third kappa shape index (κ3) is 3.96. The summed E-state index contributed by atoms with van der Waals surface area (Å²) in [6.45, 7) is 1.37. The van der Waals surface area contributed by atoms with Gasteiger partial charge in [-0.25, -0.2) is 0 Å². The molecule has 0 aliphatic carbocycles. The highest BCUT2D eigenvalue weighted by molar-refractivity contribution is 7.87. The van der Waals surface area contributed by atoms with Crippen LogP contribution in [0.3, 0.4) is 0 Å². The zero-order valence-corrected chi connectivity index (χ0v) is 12.6. The van der Waals surface area contributed by atoms with Crippen LogP contribution < -0.4 is 9.50 Å². The maximum absolute atomic E-state index is 12.1. The lowest BCUT2D eigenvalue weighted by atomic mass is 10.3. The molecule has 0 aromatic heterocycles. The molecule has 0 radical (unpaired) electrons. The number of carbonyl (C=O) groups is 1. The van der Waals surface area contributed by atoms with E-state index < -0.39 is 10.1 Å². The summed E-state index contributed by atoms with van der Waals surface area (Å²) in [7, 11) is -3.98. The monoisotopic (exact) mass is 325 g/mol. The zero-order chi connectivity index (χ0) is 15.5. The molecule has 0 unspecified atom stereocenters. The topological polar surface area (TPSA) is 72.5 Å². The molecule has 0 aliphatic rings. The van der Waals surface area contributed by atoms with E-state index in [0.717, 1.165) is 0 Å². The second-order valence-corrected chi connectivity index (χ2v) is 6.13. The Balaban J connectivity index is 2.24. The van der Waals surface area contributed by atoms with Gasteiger partial charge in [-0.1, -0.05) is 23.7 Å². The van der Waals surface area contributed by atoms with E-state index in [1.165, 1.54) is 43.3 Å². The number of nitrogens with one attached hydrogen (secondary N) is 1. The number of para-hydroxylation sites is 1. The summed E-state index contributed by atoms with van der Waals surface area (Å²) in [5, 5.41) is 2.75. The molecule has 1 amide bonds. The maximum Gasteiger partial charge on any atom is 0.339 e. The molecule has 2 aromatic carbocycles. The number of rotatable bonds is 4. The highest BCUT2D eigenvalue weighted by atomic mass is 35.5. The van der Waals surface area contributed by atoms with Crippen LogP contribution in [-0.2, 0) is 14.9 Å². The molecule has 1 N–H and O–H groups in total. The predicted octanol–water partition coefficient (Wildman–Crippen LogP) is 3.07. The van der Waals surface area contributed by atoms with Crippen molar-refractivity contribution in [1.82, 2.24) is 0 Å². The van der Waals surface area contributed by atoms with Crippen molar-refractivity contribution in [3.8, 4) is 5.75 Å². The summed E-state index contributed by atoms with van der Waals surface area (Å²) >= 11 is 5.86. The lowest BCUT2D eigenvalue weighted by Crippen LogP contribution is -2.10. The van der Waals surface area contributed by atoms with Crippen molar-refractivity contribution in [2.24, 2.45) is 0 Å². The van der Waals surface area contributed by atoms with Crippen molar-refractivity contribution in [3.63, 3.8) is 0 Å². The van der Waals surface area contributed by atoms with Gasteiger partial charge in [0, 0.05) is 12.6 Å². The average molecular weight is 326 g/mol. The Morgan fingerprint density at radius 3 is 2.29 bits per heavy atom. The van der Waals surface area contributed by atoms with E-state index in [2.05, 4.69) is 5.32 Å². The standard InChI is InChI=1S/C14H12ClNO4S/c1-10(17)16-11-6-8-12(9-7-11)21(18,19)20-14-5-3-2-4-13(14)15/h2-9H,1H3,(H,16,17). The normalized spacial score (nSPS) is 11.0. The van der Waals surface area contributed by atoms with Crippen LogP contribution in [0.15, 0.2) is 53.4 Å². The summed E-state index contributed by atoms with van der Waals surface area (Å²) in [5.41, 5.74) is 0.499. The van der Waals surface area contributed by atoms with Gasteiger partial charge in [0.25, 0.3) is 0 Å². The Hall–Kier alpha value is -2.05. The van der Waals surface area contributed by atoms with Gasteiger partial charge in [0.15, 0.2) is 5.75 Å². The highest BCUT2D eigenvalue weighted by Gasteiger charge is 2.18. The van der Waals surface area contributed by atoms with E-state index in [1.54, 1.807) is 12.1 Å². The van der Waals surface area contributed by atoms with Crippen molar-refractivity contribution < 1.29 is 17.4 Å². The van der Waals surface area contributed by atoms with E-state index in [4.69, 9.17) is 15.8 Å². The molecule has 0 atom stereocenters. The second-order valence-electron chi connectivity index (χ2n) is 4.17. The van der Waals surface area contributed by atoms with Crippen molar-refractivity contribution in [3.05, 3.63) is 53.6 Å². The molecule has 0 aliphatic heterocycles. The van der Waals surface area contributed by atoms with Gasteiger partial charge in [0.2, 0.25) is 5.91 Å². The number of hydrogen-bond acceptors (Lipinski definition) is 4. The largest absolute Gasteiger partial charge is 0.377 e. The van der Waals surface area contributed by atoms with E-state index in [-0.39, 0.29) is 21.6 Å². The molecule has 2 aromatic rings. The van der Waals surface area contributed by atoms with Crippen molar-refractivity contribution in [2.45, 2.75) is 11.8 Å². The summed E-state index contributed by atoms with van der Waals surface area (Å²) in [5.74, 6) is -0.178. The third-order valence-corrected chi connectivity index (χ3v) is 4.06. The van der Waals surface area contributed by atoms with E-state index in [9.17, 15) is 13.2 Å². The van der Waals surface area contributed by atoms with Crippen molar-refractivity contribution >= 4 is 33.3 Å². The summed E-state index contributed by atoms with van der Waals surface area (Å²) in [6.07, 6.45) is 0. The molecule has 0 saturated heterocycles. The number of carbonyl (C=O) groups excluding carboxylic acids is 1. The second kappa shape index (κ2) is 6.15. The average Bonchev–Trinajstić information content (AvgIpc) is 2.41. The number of anilines is 1. The maximum atomic E-state index is 12.1. The van der Waals surface area contributed by atoms with Gasteiger partial charge >= 0.3 is 10.1 Å². The molecule has 2 rings (SSSR count). The van der Waals surface area contributed by atoms with Crippen LogP contribution in [0.2, 0.25) is 5.02 Å². The molecule has 0 saturated carbocycles. The van der Waals surface area contributed by atoms with Gasteiger partial charge in [-0.3, -0.25) is 4.79 Å². The minimum Gasteiger partial charge on any atom is -0.377 e. The van der Waals surface area contributed by atoms with E-state index in [0.29, 0.717) is 5.69 Å². The van der Waals surface area contributed by atoms with Gasteiger partial charge in [-0.05, 0) is 36.4 Å². The van der Waals surface area contributed by atoms with Crippen LogP contribution in [0, 0.1) is 0 Å². The SMILES string of the molecule is CC(=O)Nc1ccc(S(=O)(=O)Oc2ccccc2Cl)cc1. The number of halogens is 1. The number of benzene rings is 2. The van der Waals surface area contributed by atoms with Crippen LogP contribution >= 0.6 is 11.6 Å². The van der Waals surface area contributed by atoms with Gasteiger partial charge in [-0.15, -0.1) is 0 Å². The molecular weight excluding hydrogens is 314 g/mol. The van der Waals surface area contributed by atoms with Crippen LogP contribution in [0.25, 0.3) is 0 Å². The van der Waals surface area contributed by atoms with E-state index >= 15 is 0 Å². The first-order valence-electron chi connectivity index (χ1n) is 5.95. The fourth-order valence-electron chi connectivity index (χ4n) is 1.59. The minimum atomic E-state index is -3.98. The summed E-state index contributed by atoms with van der Waals surface area (Å²) in [6, 6.07) is 11.9. The molecule has 0 spiro atoms. The van der Waals surface area contributed by atoms with Gasteiger partial charge < -0.3 is 9.50 Å². The van der Waals surface area contributed by atoms with E-state index in [1.807, 2.05) is 0 Å². The minimum absolute atomic E-state index is 0.0310. The zero-order valence-electron chi connectivity index (χ0n) is 11.0. The number of hydrogen-bond donors (Lipinski definition) is 1. The molecule has 0 fully saturated rings. The predicted molar refractivity (Wildman–Crippen MR) is 80.0 cm³/mol. The van der Waals surface area contributed by atoms with Gasteiger partial charge in [-0.2, -0.15) is 8.42 Å². The Bertz CT molecular complexity index is 757. The molecule has 110 valence electrons. The quantitative estimate of drug-likeness (QED) is 0.877. The lowest BCUT2D eigenvalue weighted by Gasteiger charge is -2.09. The molecular formula is C14H12ClNO4S. The Morgan fingerprint density at radius 2 is 1.71 bits per heavy atom. The van der Waals surface area contributed by atoms with Crippen LogP contribution in [0.5, 0.6) is 5.75 Å². The fraction of sp³-hybridized carbons (Fsp3) is 0.0714. The van der Waals surface area contributed by atoms with Crippen LogP contribution in [0.1, 0.15) is 6.92 Å².